The van der Waals surface area contributed by atoms with Gasteiger partial charge in [-0.05, 0) is 41.9 Å². The van der Waals surface area contributed by atoms with Crippen molar-refractivity contribution in [3.05, 3.63) is 67.6 Å². The maximum absolute atomic E-state index is 12.6. The first-order valence-electron chi connectivity index (χ1n) is 7.40. The highest BCUT2D eigenvalue weighted by atomic mass is 79.9. The molecule has 1 amide bonds. The molecule has 130 valence electrons. The van der Waals surface area contributed by atoms with Gasteiger partial charge in [-0.2, -0.15) is 5.10 Å². The molecular weight excluding hydrogens is 429 g/mol. The molecule has 0 bridgehead atoms. The molecule has 5 nitrogen and oxygen atoms in total. The van der Waals surface area contributed by atoms with Crippen LogP contribution in [0.1, 0.15) is 27.4 Å². The van der Waals surface area contributed by atoms with Crippen molar-refractivity contribution in [1.29, 1.82) is 0 Å². The smallest absolute Gasteiger partial charge is 0.261 e. The van der Waals surface area contributed by atoms with Crippen LogP contribution in [-0.4, -0.2) is 15.7 Å². The molecule has 1 aromatic carbocycles. The van der Waals surface area contributed by atoms with Crippen LogP contribution < -0.4 is 5.32 Å². The Bertz CT molecular complexity index is 929. The summed E-state index contributed by atoms with van der Waals surface area (Å²) in [5, 5.41) is 8.18. The Balaban J connectivity index is 1.86. The van der Waals surface area contributed by atoms with Crippen LogP contribution in [0.25, 0.3) is 0 Å². The molecule has 0 saturated carbocycles. The average Bonchev–Trinajstić information content (AvgIpc) is 3.07. The Hall–Kier alpha value is -1.76. The number of carbonyl (C=O) groups excluding carboxylic acids is 1. The number of nitrogens with zero attached hydrogens (tertiary/aromatic N) is 2. The summed E-state index contributed by atoms with van der Waals surface area (Å²) in [7, 11) is 0. The van der Waals surface area contributed by atoms with E-state index in [4.69, 9.17) is 27.6 Å². The summed E-state index contributed by atoms with van der Waals surface area (Å²) in [4.78, 5) is 12.6. The van der Waals surface area contributed by atoms with Crippen LogP contribution in [0.5, 0.6) is 0 Å². The van der Waals surface area contributed by atoms with E-state index in [1.54, 1.807) is 49.0 Å². The van der Waals surface area contributed by atoms with Crippen molar-refractivity contribution in [2.45, 2.75) is 20.4 Å². The Morgan fingerprint density at radius 2 is 1.92 bits per heavy atom. The predicted octanol–water partition coefficient (Wildman–Crippen LogP) is 5.46. The van der Waals surface area contributed by atoms with E-state index in [1.165, 1.54) is 0 Å². The largest absolute Gasteiger partial charge is 0.465 e. The number of carbonyl (C=O) groups is 1. The summed E-state index contributed by atoms with van der Waals surface area (Å²) in [6, 6.07) is 7.01. The number of benzene rings is 1. The third-order valence-corrected chi connectivity index (χ3v) is 5.40. The van der Waals surface area contributed by atoms with E-state index in [-0.39, 0.29) is 5.91 Å². The molecule has 0 radical (unpaired) electrons. The van der Waals surface area contributed by atoms with E-state index in [2.05, 4.69) is 26.3 Å². The van der Waals surface area contributed by atoms with Crippen LogP contribution >= 0.6 is 39.1 Å². The lowest BCUT2D eigenvalue weighted by Gasteiger charge is -2.11. The molecule has 0 saturated heterocycles. The van der Waals surface area contributed by atoms with E-state index in [9.17, 15) is 4.79 Å². The lowest BCUT2D eigenvalue weighted by atomic mass is 10.2. The maximum atomic E-state index is 12.6. The minimum atomic E-state index is -0.284. The number of aryl methyl sites for hydroxylation is 2. The van der Waals surface area contributed by atoms with Gasteiger partial charge in [0.15, 0.2) is 0 Å². The van der Waals surface area contributed by atoms with Crippen molar-refractivity contribution in [2.24, 2.45) is 0 Å². The zero-order chi connectivity index (χ0) is 18.1. The molecule has 0 aliphatic heterocycles. The second-order valence-corrected chi connectivity index (χ2v) is 7.04. The lowest BCUT2D eigenvalue weighted by Crippen LogP contribution is -2.17. The van der Waals surface area contributed by atoms with Gasteiger partial charge >= 0.3 is 0 Å². The van der Waals surface area contributed by atoms with Crippen molar-refractivity contribution in [3.63, 3.8) is 0 Å². The minimum Gasteiger partial charge on any atom is -0.465 e. The first-order chi connectivity index (χ1) is 11.9. The molecule has 3 rings (SSSR count). The van der Waals surface area contributed by atoms with Crippen LogP contribution in [0.3, 0.4) is 0 Å². The summed E-state index contributed by atoms with van der Waals surface area (Å²) in [6.45, 7) is 3.87. The number of rotatable bonds is 4. The van der Waals surface area contributed by atoms with E-state index in [0.717, 1.165) is 5.56 Å². The van der Waals surface area contributed by atoms with Crippen LogP contribution in [0.15, 0.2) is 39.4 Å². The quantitative estimate of drug-likeness (QED) is 0.583. The highest BCUT2D eigenvalue weighted by Crippen LogP contribution is 2.29. The molecule has 0 atom stereocenters. The number of anilines is 1. The molecule has 0 aliphatic carbocycles. The molecule has 0 aliphatic rings. The standard InChI is InChI=1S/C17H14BrCl2N3O2/c1-9-15(16(18)10(2)25-9)17(24)22-14-6-7-21-23(14)8-11-12(19)4-3-5-13(11)20/h3-7H,8H2,1-2H3,(H,22,24). The van der Waals surface area contributed by atoms with Gasteiger partial charge in [-0.3, -0.25) is 4.79 Å². The van der Waals surface area contributed by atoms with Crippen molar-refractivity contribution >= 4 is 50.9 Å². The van der Waals surface area contributed by atoms with Gasteiger partial charge in [-0.1, -0.05) is 29.3 Å². The molecule has 25 heavy (non-hydrogen) atoms. The van der Waals surface area contributed by atoms with Gasteiger partial charge in [0.25, 0.3) is 5.91 Å². The Labute approximate surface area is 163 Å². The number of nitrogens with one attached hydrogen (secondary N) is 1. The first kappa shape index (κ1) is 18.0. The van der Waals surface area contributed by atoms with Crippen molar-refractivity contribution in [1.82, 2.24) is 9.78 Å². The molecule has 0 unspecified atom stereocenters. The Kier molecular flexibility index (Phi) is 5.22. The summed E-state index contributed by atoms with van der Waals surface area (Å²) >= 11 is 15.8. The molecule has 0 fully saturated rings. The van der Waals surface area contributed by atoms with Gasteiger partial charge in [0.2, 0.25) is 0 Å². The number of hydrogen-bond acceptors (Lipinski definition) is 3. The molecule has 2 aromatic heterocycles. The fourth-order valence-corrected chi connectivity index (χ4v) is 3.55. The normalized spacial score (nSPS) is 10.9. The summed E-state index contributed by atoms with van der Waals surface area (Å²) < 4.78 is 7.75. The fraction of sp³-hybridized carbons (Fsp3) is 0.176. The molecule has 0 spiro atoms. The van der Waals surface area contributed by atoms with E-state index < -0.39 is 0 Å². The van der Waals surface area contributed by atoms with Gasteiger partial charge in [0.05, 0.1) is 22.8 Å². The number of amides is 1. The number of hydrogen-bond donors (Lipinski definition) is 1. The van der Waals surface area contributed by atoms with Crippen LogP contribution in [0.2, 0.25) is 10.0 Å². The zero-order valence-corrected chi connectivity index (χ0v) is 16.5. The summed E-state index contributed by atoms with van der Waals surface area (Å²) in [6.07, 6.45) is 1.60. The van der Waals surface area contributed by atoms with Gasteiger partial charge in [-0.25, -0.2) is 4.68 Å². The molecule has 3 aromatic rings. The highest BCUT2D eigenvalue weighted by Gasteiger charge is 2.21. The van der Waals surface area contributed by atoms with E-state index in [1.807, 2.05) is 0 Å². The zero-order valence-electron chi connectivity index (χ0n) is 13.4. The highest BCUT2D eigenvalue weighted by molar-refractivity contribution is 9.10. The van der Waals surface area contributed by atoms with Crippen LogP contribution in [-0.2, 0) is 6.54 Å². The molecule has 2 heterocycles. The molecular formula is C17H14BrCl2N3O2. The third kappa shape index (κ3) is 3.61. The topological polar surface area (TPSA) is 60.1 Å². The van der Waals surface area contributed by atoms with Crippen LogP contribution in [0.4, 0.5) is 5.82 Å². The number of furan rings is 1. The van der Waals surface area contributed by atoms with E-state index >= 15 is 0 Å². The van der Waals surface area contributed by atoms with Gasteiger partial charge in [0.1, 0.15) is 17.3 Å². The maximum Gasteiger partial charge on any atom is 0.261 e. The van der Waals surface area contributed by atoms with Crippen LogP contribution in [0, 0.1) is 13.8 Å². The summed E-state index contributed by atoms with van der Waals surface area (Å²) in [5.41, 5.74) is 1.20. The van der Waals surface area contributed by atoms with Gasteiger partial charge in [-0.15, -0.1) is 0 Å². The Morgan fingerprint density at radius 3 is 2.52 bits per heavy atom. The lowest BCUT2D eigenvalue weighted by molar-refractivity contribution is 0.102. The second kappa shape index (κ2) is 7.23. The minimum absolute atomic E-state index is 0.284. The van der Waals surface area contributed by atoms with Crippen molar-refractivity contribution < 1.29 is 9.21 Å². The predicted molar refractivity (Wildman–Crippen MR) is 102 cm³/mol. The van der Waals surface area contributed by atoms with Gasteiger partial charge in [0, 0.05) is 21.7 Å². The van der Waals surface area contributed by atoms with E-state index in [0.29, 0.717) is 44.0 Å². The molecule has 8 heteroatoms. The molecule has 1 N–H and O–H groups in total. The van der Waals surface area contributed by atoms with Crippen molar-refractivity contribution in [3.8, 4) is 0 Å². The van der Waals surface area contributed by atoms with Crippen molar-refractivity contribution in [2.75, 3.05) is 5.32 Å². The number of aromatic nitrogens is 2. The summed E-state index contributed by atoms with van der Waals surface area (Å²) in [5.74, 6) is 1.44. The SMILES string of the molecule is Cc1oc(C)c(C(=O)Nc2ccnn2Cc2c(Cl)cccc2Cl)c1Br. The van der Waals surface area contributed by atoms with Gasteiger partial charge < -0.3 is 9.73 Å². The number of halogens is 3. The first-order valence-corrected chi connectivity index (χ1v) is 8.95. The fourth-order valence-electron chi connectivity index (χ4n) is 2.49. The Morgan fingerprint density at radius 1 is 1.24 bits per heavy atom. The third-order valence-electron chi connectivity index (χ3n) is 3.74. The second-order valence-electron chi connectivity index (χ2n) is 5.43. The average molecular weight is 443 g/mol. The monoisotopic (exact) mass is 441 g/mol.